The number of rotatable bonds is 6. The molecule has 3 heteroatoms. The van der Waals surface area contributed by atoms with Gasteiger partial charge in [-0.25, -0.2) is 0 Å². The molecule has 0 atom stereocenters. The number of aliphatic hydroxyl groups excluding tert-OH is 1. The van der Waals surface area contributed by atoms with Crippen molar-refractivity contribution in [1.82, 2.24) is 0 Å². The summed E-state index contributed by atoms with van der Waals surface area (Å²) in [5, 5.41) is 10.7. The van der Waals surface area contributed by atoms with Gasteiger partial charge in [-0.05, 0) is 12.8 Å². The first-order valence-corrected chi connectivity index (χ1v) is 8.48. The van der Waals surface area contributed by atoms with E-state index < -0.39 is 7.14 Å². The molecule has 2 nitrogen and oxygen atoms in total. The van der Waals surface area contributed by atoms with Crippen LogP contribution in [0.3, 0.4) is 0 Å². The van der Waals surface area contributed by atoms with E-state index in [2.05, 4.69) is 0 Å². The molecule has 0 aliphatic heterocycles. The van der Waals surface area contributed by atoms with Crippen LogP contribution in [0.4, 0.5) is 0 Å². The average Bonchev–Trinajstić information content (AvgIpc) is 2.49. The van der Waals surface area contributed by atoms with Gasteiger partial charge in [0.15, 0.2) is 0 Å². The molecule has 0 heterocycles. The van der Waals surface area contributed by atoms with Crippen LogP contribution in [0.1, 0.15) is 12.8 Å². The minimum atomic E-state index is -2.56. The zero-order valence-electron chi connectivity index (χ0n) is 10.9. The Morgan fingerprint density at radius 3 is 1.68 bits per heavy atom. The predicted molar refractivity (Wildman–Crippen MR) is 80.9 cm³/mol. The second-order valence-electron chi connectivity index (χ2n) is 4.57. The van der Waals surface area contributed by atoms with Crippen LogP contribution in [0.2, 0.25) is 0 Å². The molecule has 0 aliphatic rings. The summed E-state index contributed by atoms with van der Waals surface area (Å²) in [6.07, 6.45) is 2.09. The van der Waals surface area contributed by atoms with Crippen molar-refractivity contribution in [2.24, 2.45) is 0 Å². The number of benzene rings is 2. The molecule has 19 heavy (non-hydrogen) atoms. The van der Waals surface area contributed by atoms with E-state index in [-0.39, 0.29) is 6.61 Å². The first kappa shape index (κ1) is 14.0. The highest BCUT2D eigenvalue weighted by Crippen LogP contribution is 2.43. The first-order chi connectivity index (χ1) is 9.27. The highest BCUT2D eigenvalue weighted by Gasteiger charge is 2.25. The van der Waals surface area contributed by atoms with Crippen molar-refractivity contribution >= 4 is 17.8 Å². The molecule has 0 aromatic heterocycles. The molecule has 2 aromatic carbocycles. The molecule has 0 amide bonds. The molecule has 0 saturated heterocycles. The zero-order valence-corrected chi connectivity index (χ0v) is 11.8. The van der Waals surface area contributed by atoms with Gasteiger partial charge in [-0.2, -0.15) is 0 Å². The topological polar surface area (TPSA) is 37.3 Å². The Morgan fingerprint density at radius 1 is 0.789 bits per heavy atom. The molecule has 0 bridgehead atoms. The second-order valence-corrected chi connectivity index (χ2v) is 7.52. The predicted octanol–water partition coefficient (Wildman–Crippen LogP) is 2.77. The fraction of sp³-hybridized carbons (Fsp3) is 0.250. The average molecular weight is 274 g/mol. The van der Waals surface area contributed by atoms with Crippen LogP contribution in [-0.4, -0.2) is 17.9 Å². The van der Waals surface area contributed by atoms with Gasteiger partial charge in [-0.15, -0.1) is 0 Å². The molecule has 1 N–H and O–H groups in total. The molecule has 100 valence electrons. The van der Waals surface area contributed by atoms with E-state index in [1.165, 1.54) is 0 Å². The lowest BCUT2D eigenvalue weighted by Gasteiger charge is -2.19. The van der Waals surface area contributed by atoms with Gasteiger partial charge >= 0.3 is 0 Å². The Bertz CT molecular complexity index is 494. The molecule has 2 rings (SSSR count). The standard InChI is InChI=1S/C16H19O2P/c17-13-7-8-14-19(18,15-9-3-1-4-10-15)16-11-5-2-6-12-16/h1-6,9-12,17H,7-8,13-14H2. The van der Waals surface area contributed by atoms with Crippen molar-refractivity contribution in [1.29, 1.82) is 0 Å². The Hall–Kier alpha value is -1.37. The molecular weight excluding hydrogens is 255 g/mol. The fourth-order valence-electron chi connectivity index (χ4n) is 2.19. The lowest BCUT2D eigenvalue weighted by molar-refractivity contribution is 0.287. The summed E-state index contributed by atoms with van der Waals surface area (Å²) in [6, 6.07) is 19.3. The smallest absolute Gasteiger partial charge is 0.143 e. The third kappa shape index (κ3) is 3.34. The maximum absolute atomic E-state index is 13.4. The van der Waals surface area contributed by atoms with Crippen LogP contribution >= 0.6 is 7.14 Å². The summed E-state index contributed by atoms with van der Waals surface area (Å²) < 4.78 is 13.4. The van der Waals surface area contributed by atoms with Crippen molar-refractivity contribution in [3.8, 4) is 0 Å². The van der Waals surface area contributed by atoms with Gasteiger partial charge in [0.1, 0.15) is 7.14 Å². The molecule has 0 unspecified atom stereocenters. The lowest BCUT2D eigenvalue weighted by Crippen LogP contribution is -2.18. The first-order valence-electron chi connectivity index (χ1n) is 6.58. The van der Waals surface area contributed by atoms with Gasteiger partial charge in [0.25, 0.3) is 0 Å². The Kier molecular flexibility index (Phi) is 4.95. The Morgan fingerprint density at radius 2 is 1.26 bits per heavy atom. The molecule has 2 aromatic rings. The van der Waals surface area contributed by atoms with Crippen LogP contribution in [0.5, 0.6) is 0 Å². The van der Waals surface area contributed by atoms with Crippen molar-refractivity contribution < 1.29 is 9.67 Å². The van der Waals surface area contributed by atoms with Gasteiger partial charge in [0.2, 0.25) is 0 Å². The van der Waals surface area contributed by atoms with E-state index in [1.807, 2.05) is 60.7 Å². The van der Waals surface area contributed by atoms with Gasteiger partial charge in [-0.3, -0.25) is 0 Å². The normalized spacial score (nSPS) is 11.4. The SMILES string of the molecule is O=P(CCCCO)(c1ccccc1)c1ccccc1. The number of hydrogen-bond donors (Lipinski definition) is 1. The van der Waals surface area contributed by atoms with Gasteiger partial charge in [0.05, 0.1) is 0 Å². The van der Waals surface area contributed by atoms with Gasteiger partial charge in [0, 0.05) is 23.4 Å². The Balaban J connectivity index is 2.36. The van der Waals surface area contributed by atoms with E-state index in [4.69, 9.17) is 5.11 Å². The Labute approximate surface area is 114 Å². The van der Waals surface area contributed by atoms with Crippen LogP contribution in [0, 0.1) is 0 Å². The van der Waals surface area contributed by atoms with E-state index in [0.29, 0.717) is 12.6 Å². The zero-order chi connectivity index (χ0) is 13.6. The highest BCUT2D eigenvalue weighted by molar-refractivity contribution is 7.78. The van der Waals surface area contributed by atoms with Crippen molar-refractivity contribution in [2.45, 2.75) is 12.8 Å². The van der Waals surface area contributed by atoms with Crippen molar-refractivity contribution in [3.63, 3.8) is 0 Å². The monoisotopic (exact) mass is 274 g/mol. The molecular formula is C16H19O2P. The maximum Gasteiger partial charge on any atom is 0.143 e. The van der Waals surface area contributed by atoms with Gasteiger partial charge < -0.3 is 9.67 Å². The van der Waals surface area contributed by atoms with E-state index in [1.54, 1.807) is 0 Å². The van der Waals surface area contributed by atoms with E-state index in [9.17, 15) is 4.57 Å². The summed E-state index contributed by atoms with van der Waals surface area (Å²) in [4.78, 5) is 0. The fourth-order valence-corrected chi connectivity index (χ4v) is 4.98. The summed E-state index contributed by atoms with van der Waals surface area (Å²) in [6.45, 7) is 0.156. The van der Waals surface area contributed by atoms with E-state index in [0.717, 1.165) is 17.0 Å². The minimum Gasteiger partial charge on any atom is -0.396 e. The maximum atomic E-state index is 13.4. The minimum absolute atomic E-state index is 0.156. The molecule has 0 radical (unpaired) electrons. The van der Waals surface area contributed by atoms with Crippen LogP contribution < -0.4 is 10.6 Å². The molecule has 0 fully saturated rings. The van der Waals surface area contributed by atoms with Crippen molar-refractivity contribution in [2.75, 3.05) is 12.8 Å². The van der Waals surface area contributed by atoms with Crippen LogP contribution in [0.15, 0.2) is 60.7 Å². The van der Waals surface area contributed by atoms with Gasteiger partial charge in [-0.1, -0.05) is 60.7 Å². The summed E-state index contributed by atoms with van der Waals surface area (Å²) in [5.74, 6) is 0. The van der Waals surface area contributed by atoms with E-state index >= 15 is 0 Å². The number of unbranched alkanes of at least 4 members (excludes halogenated alkanes) is 1. The highest BCUT2D eigenvalue weighted by atomic mass is 31.2. The van der Waals surface area contributed by atoms with Crippen LogP contribution in [-0.2, 0) is 4.57 Å². The summed E-state index contributed by atoms with van der Waals surface area (Å²) >= 11 is 0. The third-order valence-corrected chi connectivity index (χ3v) is 6.44. The number of hydrogen-bond acceptors (Lipinski definition) is 2. The molecule has 0 spiro atoms. The summed E-state index contributed by atoms with van der Waals surface area (Å²) in [7, 11) is -2.56. The third-order valence-electron chi connectivity index (χ3n) is 3.23. The molecule has 0 aliphatic carbocycles. The lowest BCUT2D eigenvalue weighted by atomic mass is 10.3. The largest absolute Gasteiger partial charge is 0.396 e. The molecule has 0 saturated carbocycles. The second kappa shape index (κ2) is 6.70. The van der Waals surface area contributed by atoms with Crippen LogP contribution in [0.25, 0.3) is 0 Å². The number of aliphatic hydroxyl groups is 1. The summed E-state index contributed by atoms with van der Waals surface area (Å²) in [5.41, 5.74) is 0. The quantitative estimate of drug-likeness (QED) is 0.649. The van der Waals surface area contributed by atoms with Crippen molar-refractivity contribution in [3.05, 3.63) is 60.7 Å².